The smallest absolute Gasteiger partial charge is 0.338 e. The lowest BCUT2D eigenvalue weighted by Crippen LogP contribution is -2.11. The number of carbonyl (C=O) groups excluding carboxylic acids is 2. The molecule has 1 aromatic rings. The second-order valence-corrected chi connectivity index (χ2v) is 3.67. The molecule has 0 spiro atoms. The van der Waals surface area contributed by atoms with Gasteiger partial charge in [0, 0.05) is 12.1 Å². The molecular formula is C13H17NO4. The van der Waals surface area contributed by atoms with E-state index in [-0.39, 0.29) is 12.4 Å². The van der Waals surface area contributed by atoms with Gasteiger partial charge in [0.25, 0.3) is 0 Å². The summed E-state index contributed by atoms with van der Waals surface area (Å²) in [5.41, 5.74) is 7.30. The molecule has 98 valence electrons. The van der Waals surface area contributed by atoms with Crippen molar-refractivity contribution in [3.8, 4) is 0 Å². The van der Waals surface area contributed by atoms with Gasteiger partial charge < -0.3 is 15.2 Å². The summed E-state index contributed by atoms with van der Waals surface area (Å²) in [6, 6.07) is 4.99. The number of hydrogen-bond donors (Lipinski definition) is 1. The summed E-state index contributed by atoms with van der Waals surface area (Å²) in [6.07, 6.45) is 0.544. The molecule has 0 aromatic heterocycles. The van der Waals surface area contributed by atoms with Crippen molar-refractivity contribution in [1.82, 2.24) is 0 Å². The predicted molar refractivity (Wildman–Crippen MR) is 67.1 cm³/mol. The lowest BCUT2D eigenvalue weighted by atomic mass is 10.0. The number of hydrogen-bond acceptors (Lipinski definition) is 5. The molecule has 1 aromatic carbocycles. The Hall–Kier alpha value is -2.04. The molecule has 0 aliphatic heterocycles. The summed E-state index contributed by atoms with van der Waals surface area (Å²) in [5, 5.41) is 0. The quantitative estimate of drug-likeness (QED) is 0.634. The summed E-state index contributed by atoms with van der Waals surface area (Å²) in [7, 11) is 1.31. The highest BCUT2D eigenvalue weighted by Gasteiger charge is 2.15. The number of ether oxygens (including phenoxy) is 2. The summed E-state index contributed by atoms with van der Waals surface area (Å²) in [4.78, 5) is 22.9. The maximum Gasteiger partial charge on any atom is 0.338 e. The minimum atomic E-state index is -0.457. The lowest BCUT2D eigenvalue weighted by Gasteiger charge is -2.10. The number of nitrogen functional groups attached to an aromatic ring is 1. The molecule has 18 heavy (non-hydrogen) atoms. The van der Waals surface area contributed by atoms with E-state index in [0.717, 1.165) is 0 Å². The highest BCUT2D eigenvalue weighted by molar-refractivity contribution is 5.92. The molecule has 5 nitrogen and oxygen atoms in total. The van der Waals surface area contributed by atoms with Gasteiger partial charge in [-0.1, -0.05) is 6.07 Å². The minimum absolute atomic E-state index is 0.187. The van der Waals surface area contributed by atoms with E-state index in [2.05, 4.69) is 4.74 Å². The topological polar surface area (TPSA) is 78.6 Å². The standard InChI is InChI=1S/C13H17NO4/c1-3-18-12(15)8-7-9-10(13(16)17-2)5-4-6-11(9)14/h4-6H,3,7-8,14H2,1-2H3. The van der Waals surface area contributed by atoms with Gasteiger partial charge in [0.05, 0.1) is 19.3 Å². The minimum Gasteiger partial charge on any atom is -0.466 e. The van der Waals surface area contributed by atoms with Gasteiger partial charge in [0.15, 0.2) is 0 Å². The van der Waals surface area contributed by atoms with E-state index < -0.39 is 5.97 Å². The van der Waals surface area contributed by atoms with Crippen molar-refractivity contribution >= 4 is 17.6 Å². The van der Waals surface area contributed by atoms with Crippen LogP contribution in [0.4, 0.5) is 5.69 Å². The Morgan fingerprint density at radius 1 is 1.33 bits per heavy atom. The van der Waals surface area contributed by atoms with E-state index in [1.165, 1.54) is 7.11 Å². The van der Waals surface area contributed by atoms with Crippen LogP contribution in [0.1, 0.15) is 29.3 Å². The number of benzene rings is 1. The molecule has 0 fully saturated rings. The predicted octanol–water partition coefficient (Wildman–Crippen LogP) is 1.55. The first-order valence-electron chi connectivity index (χ1n) is 5.71. The molecule has 0 aliphatic carbocycles. The summed E-state index contributed by atoms with van der Waals surface area (Å²) >= 11 is 0. The Bertz CT molecular complexity index is 443. The monoisotopic (exact) mass is 251 g/mol. The summed E-state index contributed by atoms with van der Waals surface area (Å²) in [6.45, 7) is 2.08. The maximum atomic E-state index is 11.6. The highest BCUT2D eigenvalue weighted by Crippen LogP contribution is 2.20. The van der Waals surface area contributed by atoms with Gasteiger partial charge in [-0.3, -0.25) is 4.79 Å². The molecule has 0 aliphatic rings. The van der Waals surface area contributed by atoms with Gasteiger partial charge >= 0.3 is 11.9 Å². The molecule has 0 amide bonds. The molecule has 2 N–H and O–H groups in total. The largest absolute Gasteiger partial charge is 0.466 e. The average molecular weight is 251 g/mol. The van der Waals surface area contributed by atoms with Crippen LogP contribution >= 0.6 is 0 Å². The third-order valence-electron chi connectivity index (χ3n) is 2.50. The Balaban J connectivity index is 2.86. The molecule has 0 atom stereocenters. The second-order valence-electron chi connectivity index (χ2n) is 3.67. The first kappa shape index (κ1) is 14.0. The molecule has 1 rings (SSSR count). The van der Waals surface area contributed by atoms with Crippen LogP contribution in [0.25, 0.3) is 0 Å². The zero-order chi connectivity index (χ0) is 13.5. The lowest BCUT2D eigenvalue weighted by molar-refractivity contribution is -0.143. The van der Waals surface area contributed by atoms with Crippen LogP contribution < -0.4 is 5.73 Å². The van der Waals surface area contributed by atoms with Gasteiger partial charge in [-0.2, -0.15) is 0 Å². The molecule has 0 unspecified atom stereocenters. The summed E-state index contributed by atoms with van der Waals surface area (Å²) < 4.78 is 9.51. The Kier molecular flexibility index (Phi) is 5.17. The maximum absolute atomic E-state index is 11.6. The highest BCUT2D eigenvalue weighted by atomic mass is 16.5. The second kappa shape index (κ2) is 6.64. The number of rotatable bonds is 5. The van der Waals surface area contributed by atoms with E-state index >= 15 is 0 Å². The normalized spacial score (nSPS) is 9.89. The van der Waals surface area contributed by atoms with Crippen LogP contribution in [0.5, 0.6) is 0 Å². The van der Waals surface area contributed by atoms with Gasteiger partial charge in [-0.15, -0.1) is 0 Å². The average Bonchev–Trinajstić information content (AvgIpc) is 2.36. The van der Waals surface area contributed by atoms with Crippen molar-refractivity contribution in [3.05, 3.63) is 29.3 Å². The molecule has 0 saturated heterocycles. The molecule has 0 radical (unpaired) electrons. The third-order valence-corrected chi connectivity index (χ3v) is 2.50. The zero-order valence-corrected chi connectivity index (χ0v) is 10.6. The molecule has 0 bridgehead atoms. The Morgan fingerprint density at radius 3 is 2.67 bits per heavy atom. The SMILES string of the molecule is CCOC(=O)CCc1c(N)cccc1C(=O)OC. The van der Waals surface area contributed by atoms with Gasteiger partial charge in [0.1, 0.15) is 0 Å². The Labute approximate surface area is 106 Å². The first-order valence-corrected chi connectivity index (χ1v) is 5.71. The van der Waals surface area contributed by atoms with Crippen LogP contribution in [0.3, 0.4) is 0 Å². The molecular weight excluding hydrogens is 234 g/mol. The van der Waals surface area contributed by atoms with Crippen molar-refractivity contribution in [1.29, 1.82) is 0 Å². The number of esters is 2. The van der Waals surface area contributed by atoms with Crippen molar-refractivity contribution in [2.24, 2.45) is 0 Å². The van der Waals surface area contributed by atoms with Crippen molar-refractivity contribution < 1.29 is 19.1 Å². The van der Waals surface area contributed by atoms with E-state index in [0.29, 0.717) is 29.8 Å². The number of carbonyl (C=O) groups is 2. The molecule has 0 heterocycles. The van der Waals surface area contributed by atoms with Gasteiger partial charge in [-0.05, 0) is 31.0 Å². The van der Waals surface area contributed by atoms with E-state index in [4.69, 9.17) is 10.5 Å². The van der Waals surface area contributed by atoms with Crippen LogP contribution in [-0.2, 0) is 20.7 Å². The summed E-state index contributed by atoms with van der Waals surface area (Å²) in [5.74, 6) is -0.766. The van der Waals surface area contributed by atoms with Crippen LogP contribution in [0.15, 0.2) is 18.2 Å². The van der Waals surface area contributed by atoms with Crippen LogP contribution in [0.2, 0.25) is 0 Å². The molecule has 0 saturated carbocycles. The number of anilines is 1. The number of methoxy groups -OCH3 is 1. The zero-order valence-electron chi connectivity index (χ0n) is 10.6. The van der Waals surface area contributed by atoms with Gasteiger partial charge in [-0.25, -0.2) is 4.79 Å². The first-order chi connectivity index (χ1) is 8.60. The van der Waals surface area contributed by atoms with Crippen LogP contribution in [0, 0.1) is 0 Å². The Morgan fingerprint density at radius 2 is 2.06 bits per heavy atom. The third kappa shape index (κ3) is 3.48. The van der Waals surface area contributed by atoms with E-state index in [1.807, 2.05) is 0 Å². The fourth-order valence-electron chi connectivity index (χ4n) is 1.65. The van der Waals surface area contributed by atoms with Crippen LogP contribution in [-0.4, -0.2) is 25.7 Å². The molecule has 5 heteroatoms. The van der Waals surface area contributed by atoms with Crippen molar-refractivity contribution in [2.45, 2.75) is 19.8 Å². The van der Waals surface area contributed by atoms with E-state index in [9.17, 15) is 9.59 Å². The van der Waals surface area contributed by atoms with Crippen molar-refractivity contribution in [2.75, 3.05) is 19.5 Å². The fourth-order valence-corrected chi connectivity index (χ4v) is 1.65. The van der Waals surface area contributed by atoms with E-state index in [1.54, 1.807) is 25.1 Å². The fraction of sp³-hybridized carbons (Fsp3) is 0.385. The number of nitrogens with two attached hydrogens (primary N) is 1. The van der Waals surface area contributed by atoms with Crippen molar-refractivity contribution in [3.63, 3.8) is 0 Å². The van der Waals surface area contributed by atoms with Gasteiger partial charge in [0.2, 0.25) is 0 Å².